The van der Waals surface area contributed by atoms with E-state index in [4.69, 9.17) is 4.74 Å². The molecule has 2 rings (SSSR count). The van der Waals surface area contributed by atoms with Gasteiger partial charge in [-0.15, -0.1) is 11.3 Å². The first-order valence-electron chi connectivity index (χ1n) is 5.16. The van der Waals surface area contributed by atoms with Gasteiger partial charge in [-0.3, -0.25) is 10.1 Å². The predicted octanol–water partition coefficient (Wildman–Crippen LogP) is 2.67. The van der Waals surface area contributed by atoms with E-state index in [1.54, 1.807) is 11.3 Å². The van der Waals surface area contributed by atoms with Crippen LogP contribution in [0.25, 0.3) is 0 Å². The fourth-order valence-corrected chi connectivity index (χ4v) is 2.05. The largest absolute Gasteiger partial charge is 0.481 e. The number of thiophene rings is 1. The zero-order valence-corrected chi connectivity index (χ0v) is 10.4. The maximum atomic E-state index is 10.9. The summed E-state index contributed by atoms with van der Waals surface area (Å²) in [6, 6.07) is 6.72. The van der Waals surface area contributed by atoms with Crippen molar-refractivity contribution in [3.05, 3.63) is 44.6 Å². The second-order valence-electron chi connectivity index (χ2n) is 3.41. The van der Waals surface area contributed by atoms with Crippen molar-refractivity contribution in [2.75, 3.05) is 12.4 Å². The van der Waals surface area contributed by atoms with Gasteiger partial charge in [0.2, 0.25) is 11.7 Å². The zero-order chi connectivity index (χ0) is 13.0. The van der Waals surface area contributed by atoms with Crippen LogP contribution in [0.2, 0.25) is 0 Å². The average Bonchev–Trinajstić information content (AvgIpc) is 2.88. The molecule has 94 valence electrons. The molecular formula is C11H11N3O3S. The van der Waals surface area contributed by atoms with E-state index in [9.17, 15) is 10.1 Å². The number of nitrogens with one attached hydrogen (secondary N) is 1. The summed E-state index contributed by atoms with van der Waals surface area (Å²) in [5.41, 5.74) is -0.0626. The minimum absolute atomic E-state index is 0.0626. The Hall–Kier alpha value is -2.15. The topological polar surface area (TPSA) is 77.3 Å². The number of methoxy groups -OCH3 is 1. The lowest BCUT2D eigenvalue weighted by molar-refractivity contribution is -0.384. The first-order chi connectivity index (χ1) is 8.70. The second-order valence-corrected chi connectivity index (χ2v) is 4.44. The molecule has 0 saturated carbocycles. The minimum Gasteiger partial charge on any atom is -0.481 e. The molecule has 0 aliphatic rings. The quantitative estimate of drug-likeness (QED) is 0.664. The summed E-state index contributed by atoms with van der Waals surface area (Å²) in [7, 11) is 1.47. The van der Waals surface area contributed by atoms with Crippen LogP contribution in [0, 0.1) is 10.1 Å². The molecule has 0 aromatic carbocycles. The van der Waals surface area contributed by atoms with Crippen molar-refractivity contribution in [1.29, 1.82) is 0 Å². The summed E-state index contributed by atoms with van der Waals surface area (Å²) in [5, 5.41) is 15.8. The molecule has 0 aliphatic heterocycles. The summed E-state index contributed by atoms with van der Waals surface area (Å²) in [6.45, 7) is 0.499. The molecule has 2 aromatic heterocycles. The number of nitro groups is 1. The van der Waals surface area contributed by atoms with E-state index in [1.165, 1.54) is 19.2 Å². The van der Waals surface area contributed by atoms with Gasteiger partial charge < -0.3 is 10.1 Å². The Morgan fingerprint density at radius 3 is 2.94 bits per heavy atom. The van der Waals surface area contributed by atoms with Gasteiger partial charge in [0, 0.05) is 17.0 Å². The maximum absolute atomic E-state index is 10.9. The van der Waals surface area contributed by atoms with Crippen molar-refractivity contribution in [2.45, 2.75) is 6.54 Å². The molecule has 0 spiro atoms. The van der Waals surface area contributed by atoms with E-state index in [0.29, 0.717) is 12.4 Å². The van der Waals surface area contributed by atoms with Crippen LogP contribution in [0.5, 0.6) is 5.88 Å². The third-order valence-electron chi connectivity index (χ3n) is 2.26. The Morgan fingerprint density at radius 1 is 1.50 bits per heavy atom. The molecular weight excluding hydrogens is 254 g/mol. The van der Waals surface area contributed by atoms with Crippen molar-refractivity contribution in [3.8, 4) is 5.88 Å². The SMILES string of the molecule is COc1ccc([N+](=O)[O-])c(NCc2cccs2)n1. The van der Waals surface area contributed by atoms with E-state index in [2.05, 4.69) is 10.3 Å². The van der Waals surface area contributed by atoms with Crippen LogP contribution >= 0.6 is 11.3 Å². The lowest BCUT2D eigenvalue weighted by atomic mass is 10.3. The van der Waals surface area contributed by atoms with E-state index < -0.39 is 4.92 Å². The van der Waals surface area contributed by atoms with Crippen molar-refractivity contribution >= 4 is 22.8 Å². The second kappa shape index (κ2) is 5.46. The van der Waals surface area contributed by atoms with Crippen molar-refractivity contribution < 1.29 is 9.66 Å². The molecule has 0 aliphatic carbocycles. The highest BCUT2D eigenvalue weighted by Crippen LogP contribution is 2.25. The Kier molecular flexibility index (Phi) is 3.73. The maximum Gasteiger partial charge on any atom is 0.311 e. The Balaban J connectivity index is 2.20. The summed E-state index contributed by atoms with van der Waals surface area (Å²) in [5.74, 6) is 0.557. The van der Waals surface area contributed by atoms with E-state index in [-0.39, 0.29) is 11.5 Å². The van der Waals surface area contributed by atoms with Crippen LogP contribution in [0.15, 0.2) is 29.6 Å². The molecule has 2 heterocycles. The van der Waals surface area contributed by atoms with Gasteiger partial charge >= 0.3 is 5.69 Å². The highest BCUT2D eigenvalue weighted by Gasteiger charge is 2.16. The predicted molar refractivity (Wildman–Crippen MR) is 69.1 cm³/mol. The molecule has 0 fully saturated rings. The zero-order valence-electron chi connectivity index (χ0n) is 9.62. The molecule has 0 saturated heterocycles. The van der Waals surface area contributed by atoms with Gasteiger partial charge in [0.1, 0.15) is 0 Å². The Bertz CT molecular complexity index is 542. The molecule has 6 nitrogen and oxygen atoms in total. The molecule has 2 aromatic rings. The highest BCUT2D eigenvalue weighted by atomic mass is 32.1. The fourth-order valence-electron chi connectivity index (χ4n) is 1.41. The molecule has 7 heteroatoms. The monoisotopic (exact) mass is 265 g/mol. The number of aromatic nitrogens is 1. The van der Waals surface area contributed by atoms with Gasteiger partial charge in [-0.05, 0) is 11.4 Å². The van der Waals surface area contributed by atoms with Crippen LogP contribution in [0.1, 0.15) is 4.88 Å². The number of hydrogen-bond donors (Lipinski definition) is 1. The van der Waals surface area contributed by atoms with Gasteiger partial charge in [0.25, 0.3) is 0 Å². The lowest BCUT2D eigenvalue weighted by Crippen LogP contribution is -2.04. The average molecular weight is 265 g/mol. The van der Waals surface area contributed by atoms with E-state index >= 15 is 0 Å². The first kappa shape index (κ1) is 12.3. The Labute approximate surface area is 107 Å². The minimum atomic E-state index is -0.469. The van der Waals surface area contributed by atoms with Crippen molar-refractivity contribution in [3.63, 3.8) is 0 Å². The van der Waals surface area contributed by atoms with Crippen LogP contribution in [0.4, 0.5) is 11.5 Å². The third kappa shape index (κ3) is 2.75. The molecule has 0 bridgehead atoms. The number of ether oxygens (including phenoxy) is 1. The molecule has 0 unspecified atom stereocenters. The number of pyridine rings is 1. The van der Waals surface area contributed by atoms with Gasteiger partial charge in [-0.25, -0.2) is 0 Å². The van der Waals surface area contributed by atoms with Crippen LogP contribution in [-0.4, -0.2) is 17.0 Å². The smallest absolute Gasteiger partial charge is 0.311 e. The van der Waals surface area contributed by atoms with Crippen LogP contribution in [-0.2, 0) is 6.54 Å². The summed E-state index contributed by atoms with van der Waals surface area (Å²) < 4.78 is 4.96. The number of rotatable bonds is 5. The normalized spacial score (nSPS) is 10.1. The van der Waals surface area contributed by atoms with Gasteiger partial charge in [-0.1, -0.05) is 6.07 Å². The molecule has 0 atom stereocenters. The van der Waals surface area contributed by atoms with Crippen LogP contribution < -0.4 is 10.1 Å². The number of hydrogen-bond acceptors (Lipinski definition) is 6. The number of nitrogens with zero attached hydrogens (tertiary/aromatic N) is 2. The fraction of sp³-hybridized carbons (Fsp3) is 0.182. The van der Waals surface area contributed by atoms with Gasteiger partial charge in [0.05, 0.1) is 18.6 Å². The van der Waals surface area contributed by atoms with Crippen molar-refractivity contribution in [2.24, 2.45) is 0 Å². The Morgan fingerprint density at radius 2 is 2.33 bits per heavy atom. The molecule has 18 heavy (non-hydrogen) atoms. The highest BCUT2D eigenvalue weighted by molar-refractivity contribution is 7.09. The van der Waals surface area contributed by atoms with E-state index in [0.717, 1.165) is 4.88 Å². The van der Waals surface area contributed by atoms with E-state index in [1.807, 2.05) is 17.5 Å². The third-order valence-corrected chi connectivity index (χ3v) is 3.14. The summed E-state index contributed by atoms with van der Waals surface area (Å²) in [6.07, 6.45) is 0. The van der Waals surface area contributed by atoms with Crippen LogP contribution in [0.3, 0.4) is 0 Å². The van der Waals surface area contributed by atoms with Crippen molar-refractivity contribution in [1.82, 2.24) is 4.98 Å². The summed E-state index contributed by atoms with van der Waals surface area (Å²) in [4.78, 5) is 15.5. The molecule has 1 N–H and O–H groups in total. The lowest BCUT2D eigenvalue weighted by Gasteiger charge is -2.06. The number of anilines is 1. The summed E-state index contributed by atoms with van der Waals surface area (Å²) >= 11 is 1.57. The first-order valence-corrected chi connectivity index (χ1v) is 6.04. The van der Waals surface area contributed by atoms with Gasteiger partial charge in [-0.2, -0.15) is 4.98 Å². The molecule has 0 radical (unpaired) electrons. The molecule has 0 amide bonds. The standard InChI is InChI=1S/C11H11N3O3S/c1-17-10-5-4-9(14(15)16)11(13-10)12-7-8-3-2-6-18-8/h2-6H,7H2,1H3,(H,12,13). The van der Waals surface area contributed by atoms with Gasteiger partial charge in [0.15, 0.2) is 0 Å².